The van der Waals surface area contributed by atoms with Crippen molar-refractivity contribution in [2.24, 2.45) is 23.2 Å². The van der Waals surface area contributed by atoms with E-state index in [0.29, 0.717) is 21.5 Å². The smallest absolute Gasteiger partial charge is 0.286 e. The Labute approximate surface area is 180 Å². The molecule has 158 valence electrons. The van der Waals surface area contributed by atoms with Crippen molar-refractivity contribution in [2.75, 3.05) is 0 Å². The fourth-order valence-electron chi connectivity index (χ4n) is 4.12. The Hall–Kier alpha value is -3.40. The van der Waals surface area contributed by atoms with Crippen LogP contribution < -0.4 is 5.56 Å². The van der Waals surface area contributed by atoms with Crippen molar-refractivity contribution in [3.63, 3.8) is 0 Å². The van der Waals surface area contributed by atoms with Crippen LogP contribution in [0.25, 0.3) is 21.1 Å². The second-order valence-electron chi connectivity index (χ2n) is 7.93. The lowest BCUT2D eigenvalue weighted by Gasteiger charge is -2.17. The quantitative estimate of drug-likeness (QED) is 0.494. The lowest BCUT2D eigenvalue weighted by Crippen LogP contribution is -2.27. The van der Waals surface area contributed by atoms with Crippen molar-refractivity contribution in [2.45, 2.75) is 32.7 Å². The summed E-state index contributed by atoms with van der Waals surface area (Å²) in [5.41, 5.74) is 1.70. The molecule has 0 saturated heterocycles. The monoisotopic (exact) mass is 436 g/mol. The first-order chi connectivity index (χ1) is 14.9. The van der Waals surface area contributed by atoms with E-state index in [4.69, 9.17) is 0 Å². The van der Waals surface area contributed by atoms with E-state index in [0.717, 1.165) is 35.0 Å². The third-order valence-corrected chi connectivity index (χ3v) is 6.92. The van der Waals surface area contributed by atoms with E-state index in [1.807, 2.05) is 18.2 Å². The van der Waals surface area contributed by atoms with Crippen molar-refractivity contribution >= 4 is 44.1 Å². The Morgan fingerprint density at radius 2 is 2.16 bits per heavy atom. The number of fused-ring (bicyclic) bond motifs is 4. The number of aryl methyl sites for hydroxylation is 2. The lowest BCUT2D eigenvalue weighted by molar-refractivity contribution is -0.119. The minimum Gasteiger partial charge on any atom is -0.493 e. The molecule has 1 amide bonds. The van der Waals surface area contributed by atoms with Crippen molar-refractivity contribution < 1.29 is 9.90 Å². The molecule has 1 aromatic carbocycles. The maximum atomic E-state index is 13.0. The average Bonchev–Trinajstić information content (AvgIpc) is 3.24. The van der Waals surface area contributed by atoms with Crippen LogP contribution in [0.5, 0.6) is 5.88 Å². The van der Waals surface area contributed by atoms with Crippen LogP contribution in [0.4, 0.5) is 5.69 Å². The largest absolute Gasteiger partial charge is 0.493 e. The summed E-state index contributed by atoms with van der Waals surface area (Å²) in [4.78, 5) is 27.2. The second kappa shape index (κ2) is 7.38. The number of aromatic nitrogens is 4. The third-order valence-electron chi connectivity index (χ3n) is 5.78. The van der Waals surface area contributed by atoms with Crippen LogP contribution in [-0.2, 0) is 31.2 Å². The van der Waals surface area contributed by atoms with Gasteiger partial charge in [-0.2, -0.15) is 0 Å². The number of aromatic hydroxyl groups is 1. The molecular formula is C21H20N6O3S. The van der Waals surface area contributed by atoms with Crippen molar-refractivity contribution in [3.05, 3.63) is 45.1 Å². The van der Waals surface area contributed by atoms with Gasteiger partial charge in [0.05, 0.1) is 10.9 Å². The SMILES string of the molecule is CC1CCc2c(sc3nnn(CC(=O)N=Nc4c(O)n(C)c5ccccc45)c(=O)c23)C1. The number of amides is 1. The van der Waals surface area contributed by atoms with Crippen LogP contribution >= 0.6 is 11.3 Å². The van der Waals surface area contributed by atoms with Gasteiger partial charge in [0.1, 0.15) is 6.54 Å². The predicted molar refractivity (Wildman–Crippen MR) is 117 cm³/mol. The number of benzene rings is 1. The molecule has 0 aliphatic heterocycles. The lowest BCUT2D eigenvalue weighted by atomic mass is 9.89. The van der Waals surface area contributed by atoms with Gasteiger partial charge in [-0.05, 0) is 36.8 Å². The molecule has 1 aliphatic rings. The van der Waals surface area contributed by atoms with Gasteiger partial charge < -0.3 is 9.67 Å². The minimum absolute atomic E-state index is 0.0877. The Morgan fingerprint density at radius 3 is 3.00 bits per heavy atom. The highest BCUT2D eigenvalue weighted by atomic mass is 32.1. The molecule has 1 unspecified atom stereocenters. The van der Waals surface area contributed by atoms with E-state index in [1.54, 1.807) is 17.7 Å². The summed E-state index contributed by atoms with van der Waals surface area (Å²) in [6.45, 7) is 1.84. The standard InChI is InChI=1S/C21H20N6O3S/c1-11-7-8-13-15(9-11)31-19-17(13)20(29)27(25-24-19)10-16(28)22-23-18-12-5-3-4-6-14(12)26(2)21(18)30/h3-6,11,30H,7-10H2,1-2H3. The highest BCUT2D eigenvalue weighted by Crippen LogP contribution is 2.38. The third kappa shape index (κ3) is 3.23. The highest BCUT2D eigenvalue weighted by molar-refractivity contribution is 7.18. The number of carbonyl (C=O) groups excluding carboxylic acids is 1. The molecule has 0 bridgehead atoms. The molecule has 3 heterocycles. The van der Waals surface area contributed by atoms with Gasteiger partial charge in [0.2, 0.25) is 5.88 Å². The van der Waals surface area contributed by atoms with Gasteiger partial charge in [-0.3, -0.25) is 9.59 Å². The summed E-state index contributed by atoms with van der Waals surface area (Å²) in [6.07, 6.45) is 2.81. The predicted octanol–water partition coefficient (Wildman–Crippen LogP) is 3.49. The van der Waals surface area contributed by atoms with E-state index in [1.165, 1.54) is 16.2 Å². The summed E-state index contributed by atoms with van der Waals surface area (Å²) < 4.78 is 2.61. The van der Waals surface area contributed by atoms with Gasteiger partial charge in [-0.25, -0.2) is 4.68 Å². The molecular weight excluding hydrogens is 416 g/mol. The molecule has 1 atom stereocenters. The molecule has 0 fully saturated rings. The normalized spacial score (nSPS) is 16.4. The van der Waals surface area contributed by atoms with Gasteiger partial charge in [0.15, 0.2) is 10.5 Å². The van der Waals surface area contributed by atoms with Crippen molar-refractivity contribution in [1.82, 2.24) is 19.6 Å². The summed E-state index contributed by atoms with van der Waals surface area (Å²) in [5, 5.41) is 27.3. The summed E-state index contributed by atoms with van der Waals surface area (Å²) >= 11 is 1.51. The Kier molecular flexibility index (Phi) is 4.66. The first kappa shape index (κ1) is 19.6. The topological polar surface area (TPSA) is 115 Å². The molecule has 9 nitrogen and oxygen atoms in total. The highest BCUT2D eigenvalue weighted by Gasteiger charge is 2.24. The molecule has 0 spiro atoms. The van der Waals surface area contributed by atoms with E-state index >= 15 is 0 Å². The fraction of sp³-hybridized carbons (Fsp3) is 0.333. The first-order valence-corrected chi connectivity index (χ1v) is 10.8. The summed E-state index contributed by atoms with van der Waals surface area (Å²) in [6, 6.07) is 7.29. The van der Waals surface area contributed by atoms with E-state index in [2.05, 4.69) is 27.5 Å². The van der Waals surface area contributed by atoms with Gasteiger partial charge in [0, 0.05) is 17.3 Å². The van der Waals surface area contributed by atoms with Crippen LogP contribution in [0.1, 0.15) is 23.8 Å². The maximum absolute atomic E-state index is 13.0. The van der Waals surface area contributed by atoms with Crippen LogP contribution in [-0.4, -0.2) is 30.6 Å². The van der Waals surface area contributed by atoms with Crippen molar-refractivity contribution in [3.8, 4) is 5.88 Å². The molecule has 1 N–H and O–H groups in total. The second-order valence-corrected chi connectivity index (χ2v) is 9.01. The maximum Gasteiger partial charge on any atom is 0.286 e. The number of hydrogen-bond donors (Lipinski definition) is 1. The molecule has 3 aromatic heterocycles. The number of para-hydroxylation sites is 1. The number of thiophene rings is 1. The van der Waals surface area contributed by atoms with Crippen LogP contribution in [0.15, 0.2) is 39.3 Å². The van der Waals surface area contributed by atoms with Gasteiger partial charge in [-0.15, -0.1) is 26.7 Å². The van der Waals surface area contributed by atoms with Crippen LogP contribution in [0, 0.1) is 5.92 Å². The van der Waals surface area contributed by atoms with Crippen LogP contribution in [0.3, 0.4) is 0 Å². The van der Waals surface area contributed by atoms with Crippen molar-refractivity contribution in [1.29, 1.82) is 0 Å². The zero-order valence-corrected chi connectivity index (χ0v) is 17.9. The van der Waals surface area contributed by atoms with Gasteiger partial charge >= 0.3 is 0 Å². The van der Waals surface area contributed by atoms with E-state index < -0.39 is 5.91 Å². The molecule has 4 aromatic rings. The molecule has 0 saturated carbocycles. The molecule has 5 rings (SSSR count). The van der Waals surface area contributed by atoms with Gasteiger partial charge in [0.25, 0.3) is 11.5 Å². The summed E-state index contributed by atoms with van der Waals surface area (Å²) in [5.74, 6) is -0.153. The zero-order chi connectivity index (χ0) is 21.7. The minimum atomic E-state index is -0.652. The van der Waals surface area contributed by atoms with E-state index in [9.17, 15) is 14.7 Å². The Bertz CT molecular complexity index is 1430. The van der Waals surface area contributed by atoms with Crippen LogP contribution in [0.2, 0.25) is 0 Å². The Balaban J connectivity index is 1.44. The fourth-order valence-corrected chi connectivity index (χ4v) is 5.44. The summed E-state index contributed by atoms with van der Waals surface area (Å²) in [7, 11) is 1.70. The molecule has 10 heteroatoms. The molecule has 0 radical (unpaired) electrons. The molecule has 1 aliphatic carbocycles. The first-order valence-electron chi connectivity index (χ1n) is 10.0. The number of carbonyl (C=O) groups is 1. The average molecular weight is 436 g/mol. The number of azo groups is 1. The Morgan fingerprint density at radius 1 is 1.35 bits per heavy atom. The van der Waals surface area contributed by atoms with Gasteiger partial charge in [-0.1, -0.05) is 30.3 Å². The zero-order valence-electron chi connectivity index (χ0n) is 17.1. The number of hydrogen-bond acceptors (Lipinski definition) is 7. The number of nitrogens with zero attached hydrogens (tertiary/aromatic N) is 6. The molecule has 31 heavy (non-hydrogen) atoms. The van der Waals surface area contributed by atoms with E-state index in [-0.39, 0.29) is 23.7 Å². The number of rotatable bonds is 3.